The molecular formula is C20H22N2O3S. The first-order valence-corrected chi connectivity index (χ1v) is 10.0. The monoisotopic (exact) mass is 370 g/mol. The molecule has 2 heterocycles. The van der Waals surface area contributed by atoms with Gasteiger partial charge >= 0.3 is 5.97 Å². The van der Waals surface area contributed by atoms with Crippen molar-refractivity contribution in [3.63, 3.8) is 0 Å². The molecule has 1 aromatic carbocycles. The summed E-state index contributed by atoms with van der Waals surface area (Å²) in [5.74, 6) is -0.634. The molecule has 1 aliphatic heterocycles. The number of nitrogens with one attached hydrogen (secondary N) is 1. The van der Waals surface area contributed by atoms with Crippen LogP contribution in [0.15, 0.2) is 35.7 Å². The number of aromatic nitrogens is 1. The molecule has 2 aromatic rings. The number of ether oxygens (including phenoxy) is 1. The SMILES string of the molecule is O=C1C[C@H](C(=O)NCCc2nc(-c3ccccc3)cs2)C2(CCCC2)O1. The fraction of sp³-hybridized carbons (Fsp3) is 0.450. The van der Waals surface area contributed by atoms with Crippen molar-refractivity contribution >= 4 is 23.2 Å². The van der Waals surface area contributed by atoms with E-state index in [2.05, 4.69) is 10.3 Å². The standard InChI is InChI=1S/C20H22N2O3S/c23-18-12-15(20(25-18)9-4-5-10-20)19(24)21-11-8-17-22-16(13-26-17)14-6-2-1-3-7-14/h1-3,6-7,13,15H,4-5,8-12H2,(H,21,24)/t15-/m1/s1. The van der Waals surface area contributed by atoms with Crippen LogP contribution in [0.25, 0.3) is 11.3 Å². The maximum absolute atomic E-state index is 12.6. The highest BCUT2D eigenvalue weighted by Crippen LogP contribution is 2.45. The van der Waals surface area contributed by atoms with E-state index < -0.39 is 5.60 Å². The summed E-state index contributed by atoms with van der Waals surface area (Å²) in [4.78, 5) is 29.0. The second kappa shape index (κ2) is 7.19. The Hall–Kier alpha value is -2.21. The Bertz CT molecular complexity index is 796. The van der Waals surface area contributed by atoms with Gasteiger partial charge in [0.2, 0.25) is 5.91 Å². The largest absolute Gasteiger partial charge is 0.458 e. The number of hydrogen-bond acceptors (Lipinski definition) is 5. The van der Waals surface area contributed by atoms with Crippen molar-refractivity contribution in [1.29, 1.82) is 0 Å². The predicted molar refractivity (Wildman–Crippen MR) is 99.7 cm³/mol. The van der Waals surface area contributed by atoms with Gasteiger partial charge < -0.3 is 10.1 Å². The van der Waals surface area contributed by atoms with Crippen LogP contribution in [-0.4, -0.2) is 29.0 Å². The number of hydrogen-bond donors (Lipinski definition) is 1. The quantitative estimate of drug-likeness (QED) is 0.820. The lowest BCUT2D eigenvalue weighted by molar-refractivity contribution is -0.149. The van der Waals surface area contributed by atoms with Gasteiger partial charge in [0.1, 0.15) is 5.60 Å². The lowest BCUT2D eigenvalue weighted by Gasteiger charge is -2.27. The summed E-state index contributed by atoms with van der Waals surface area (Å²) in [5, 5.41) is 6.03. The van der Waals surface area contributed by atoms with Gasteiger partial charge in [-0.15, -0.1) is 11.3 Å². The molecule has 0 radical (unpaired) electrons. The van der Waals surface area contributed by atoms with Crippen molar-refractivity contribution in [1.82, 2.24) is 10.3 Å². The van der Waals surface area contributed by atoms with Crippen molar-refractivity contribution in [2.24, 2.45) is 5.92 Å². The molecule has 1 atom stereocenters. The van der Waals surface area contributed by atoms with Crippen LogP contribution < -0.4 is 5.32 Å². The number of nitrogens with zero attached hydrogens (tertiary/aromatic N) is 1. The minimum Gasteiger partial charge on any atom is -0.458 e. The number of rotatable bonds is 5. The first-order chi connectivity index (χ1) is 12.7. The maximum Gasteiger partial charge on any atom is 0.307 e. The van der Waals surface area contributed by atoms with Crippen molar-refractivity contribution in [3.05, 3.63) is 40.7 Å². The van der Waals surface area contributed by atoms with Crippen molar-refractivity contribution in [2.45, 2.75) is 44.1 Å². The Labute approximate surface area is 156 Å². The molecule has 1 N–H and O–H groups in total. The number of carbonyl (C=O) groups is 2. The lowest BCUT2D eigenvalue weighted by atomic mass is 9.85. The van der Waals surface area contributed by atoms with Crippen LogP contribution in [0.1, 0.15) is 37.1 Å². The highest BCUT2D eigenvalue weighted by Gasteiger charge is 2.53. The molecule has 1 aliphatic carbocycles. The lowest BCUT2D eigenvalue weighted by Crippen LogP contribution is -2.43. The molecule has 136 valence electrons. The van der Waals surface area contributed by atoms with E-state index in [0.29, 0.717) is 13.0 Å². The van der Waals surface area contributed by atoms with Crippen molar-refractivity contribution in [3.8, 4) is 11.3 Å². The first kappa shape index (κ1) is 17.2. The molecule has 5 nitrogen and oxygen atoms in total. The molecule has 1 amide bonds. The van der Waals surface area contributed by atoms with Crippen LogP contribution in [-0.2, 0) is 20.7 Å². The molecule has 0 bridgehead atoms. The van der Waals surface area contributed by atoms with Crippen LogP contribution in [0.4, 0.5) is 0 Å². The Kier molecular flexibility index (Phi) is 4.76. The van der Waals surface area contributed by atoms with Gasteiger partial charge in [-0.3, -0.25) is 9.59 Å². The Morgan fingerprint density at radius 1 is 1.27 bits per heavy atom. The summed E-state index contributed by atoms with van der Waals surface area (Å²) in [6.45, 7) is 0.529. The van der Waals surface area contributed by atoms with Crippen LogP contribution >= 0.6 is 11.3 Å². The van der Waals surface area contributed by atoms with Gasteiger partial charge in [-0.1, -0.05) is 30.3 Å². The number of thiazole rings is 1. The van der Waals surface area contributed by atoms with Gasteiger partial charge in [0, 0.05) is 23.9 Å². The average Bonchev–Trinajstić information content (AvgIpc) is 3.37. The predicted octanol–water partition coefficient (Wildman–Crippen LogP) is 3.34. The van der Waals surface area contributed by atoms with Crippen molar-refractivity contribution < 1.29 is 14.3 Å². The molecule has 1 spiro atoms. The normalized spacial score (nSPS) is 21.1. The fourth-order valence-electron chi connectivity index (χ4n) is 4.03. The van der Waals surface area contributed by atoms with E-state index in [9.17, 15) is 9.59 Å². The van der Waals surface area contributed by atoms with E-state index in [1.54, 1.807) is 11.3 Å². The first-order valence-electron chi connectivity index (χ1n) is 9.16. The second-order valence-corrected chi connectivity index (χ2v) is 7.98. The topological polar surface area (TPSA) is 68.3 Å². The van der Waals surface area contributed by atoms with Gasteiger partial charge in [0.25, 0.3) is 0 Å². The summed E-state index contributed by atoms with van der Waals surface area (Å²) in [7, 11) is 0. The summed E-state index contributed by atoms with van der Waals surface area (Å²) < 4.78 is 5.55. The summed E-state index contributed by atoms with van der Waals surface area (Å²) >= 11 is 1.61. The molecular weight excluding hydrogens is 348 g/mol. The van der Waals surface area contributed by atoms with E-state index >= 15 is 0 Å². The Balaban J connectivity index is 1.33. The minimum atomic E-state index is -0.539. The molecule has 1 saturated heterocycles. The van der Waals surface area contributed by atoms with Crippen LogP contribution in [0.3, 0.4) is 0 Å². The molecule has 4 rings (SSSR count). The van der Waals surface area contributed by atoms with E-state index in [1.165, 1.54) is 0 Å². The van der Waals surface area contributed by atoms with E-state index in [-0.39, 0.29) is 24.2 Å². The van der Waals surface area contributed by atoms with E-state index in [1.807, 2.05) is 35.7 Å². The molecule has 1 saturated carbocycles. The third-order valence-electron chi connectivity index (χ3n) is 5.35. The number of benzene rings is 1. The fourth-order valence-corrected chi connectivity index (χ4v) is 4.84. The van der Waals surface area contributed by atoms with Gasteiger partial charge in [-0.05, 0) is 25.7 Å². The highest BCUT2D eigenvalue weighted by molar-refractivity contribution is 7.09. The third-order valence-corrected chi connectivity index (χ3v) is 6.26. The second-order valence-electron chi connectivity index (χ2n) is 7.04. The zero-order chi connectivity index (χ0) is 18.0. The van der Waals surface area contributed by atoms with E-state index in [4.69, 9.17) is 4.74 Å². The maximum atomic E-state index is 12.6. The molecule has 2 fully saturated rings. The number of carbonyl (C=O) groups excluding carboxylic acids is 2. The summed E-state index contributed by atoms with van der Waals surface area (Å²) in [6, 6.07) is 10.1. The number of amides is 1. The third kappa shape index (κ3) is 3.38. The molecule has 2 aliphatic rings. The Morgan fingerprint density at radius 3 is 2.81 bits per heavy atom. The van der Waals surface area contributed by atoms with Gasteiger partial charge in [0.05, 0.1) is 23.0 Å². The molecule has 26 heavy (non-hydrogen) atoms. The van der Waals surface area contributed by atoms with Crippen LogP contribution in [0, 0.1) is 5.92 Å². The smallest absolute Gasteiger partial charge is 0.307 e. The Morgan fingerprint density at radius 2 is 2.04 bits per heavy atom. The summed E-state index contributed by atoms with van der Waals surface area (Å²) in [6.07, 6.45) is 4.57. The average molecular weight is 370 g/mol. The highest BCUT2D eigenvalue weighted by atomic mass is 32.1. The van der Waals surface area contributed by atoms with Gasteiger partial charge in [0.15, 0.2) is 0 Å². The van der Waals surface area contributed by atoms with Gasteiger partial charge in [-0.2, -0.15) is 0 Å². The zero-order valence-corrected chi connectivity index (χ0v) is 15.4. The van der Waals surface area contributed by atoms with Crippen LogP contribution in [0.5, 0.6) is 0 Å². The van der Waals surface area contributed by atoms with Crippen LogP contribution in [0.2, 0.25) is 0 Å². The van der Waals surface area contributed by atoms with Gasteiger partial charge in [-0.25, -0.2) is 4.98 Å². The summed E-state index contributed by atoms with van der Waals surface area (Å²) in [5.41, 5.74) is 1.53. The van der Waals surface area contributed by atoms with Crippen molar-refractivity contribution in [2.75, 3.05) is 6.54 Å². The minimum absolute atomic E-state index is 0.0578. The van der Waals surface area contributed by atoms with E-state index in [0.717, 1.165) is 41.9 Å². The molecule has 1 aromatic heterocycles. The molecule has 6 heteroatoms. The zero-order valence-electron chi connectivity index (χ0n) is 14.6. The number of esters is 1. The molecule has 0 unspecified atom stereocenters.